The van der Waals surface area contributed by atoms with Gasteiger partial charge in [-0.15, -0.1) is 0 Å². The number of methoxy groups -OCH3 is 2. The number of carbonyl (C=O) groups excluding carboxylic acids is 2. The Kier molecular flexibility index (Phi) is 18.2. The molecule has 2 aromatic heterocycles. The van der Waals surface area contributed by atoms with Crippen LogP contribution in [-0.2, 0) is 56.0 Å². The number of aliphatic hydroxyl groups is 1. The lowest BCUT2D eigenvalue weighted by Crippen LogP contribution is -2.44. The number of oxime groups is 2. The van der Waals surface area contributed by atoms with Gasteiger partial charge in [0.15, 0.2) is 35.3 Å². The van der Waals surface area contributed by atoms with E-state index in [9.17, 15) is 26.8 Å². The van der Waals surface area contributed by atoms with E-state index in [1.807, 2.05) is 6.92 Å². The lowest BCUT2D eigenvalue weighted by molar-refractivity contribution is -0.178. The number of aliphatic hydroxyl groups excluding tert-OH is 1. The van der Waals surface area contributed by atoms with E-state index in [0.29, 0.717) is 65.0 Å². The van der Waals surface area contributed by atoms with E-state index < -0.39 is 51.9 Å². The molecule has 2 saturated heterocycles. The highest BCUT2D eigenvalue weighted by Gasteiger charge is 2.37. The summed E-state index contributed by atoms with van der Waals surface area (Å²) in [6.07, 6.45) is -1.69. The number of amides is 2. The van der Waals surface area contributed by atoms with Gasteiger partial charge in [-0.25, -0.2) is 28.7 Å². The minimum atomic E-state index is -3.92. The van der Waals surface area contributed by atoms with E-state index in [1.165, 1.54) is 56.7 Å². The lowest BCUT2D eigenvalue weighted by atomic mass is 10.0. The largest absolute Gasteiger partial charge is 0.494 e. The molecule has 0 saturated carbocycles. The topological polar surface area (TPSA) is 272 Å². The van der Waals surface area contributed by atoms with Crippen LogP contribution in [0, 0.1) is 32.4 Å². The Balaban J connectivity index is 0.000000209. The summed E-state index contributed by atoms with van der Waals surface area (Å²) < 4.78 is 90.2. The molecule has 2 fully saturated rings. The number of hydrogen-bond donors (Lipinski definition) is 3. The summed E-state index contributed by atoms with van der Waals surface area (Å²) in [6, 6.07) is 18.2. The number of aromatic nitrogens is 4. The first-order chi connectivity index (χ1) is 36.6. The van der Waals surface area contributed by atoms with Crippen molar-refractivity contribution in [3.63, 3.8) is 0 Å². The van der Waals surface area contributed by atoms with Gasteiger partial charge in [0.05, 0.1) is 70.1 Å². The number of hydrogen-bond acceptors (Lipinski definition) is 20. The maximum Gasteiger partial charge on any atom is 0.297 e. The lowest BCUT2D eigenvalue weighted by Gasteiger charge is -2.31. The molecule has 76 heavy (non-hydrogen) atoms. The second kappa shape index (κ2) is 25.1. The highest BCUT2D eigenvalue weighted by molar-refractivity contribution is 7.86. The Morgan fingerprint density at radius 1 is 0.632 bits per heavy atom. The molecule has 22 nitrogen and oxygen atoms in total. The van der Waals surface area contributed by atoms with Crippen molar-refractivity contribution in [3.8, 4) is 11.5 Å². The first-order valence-corrected chi connectivity index (χ1v) is 25.4. The van der Waals surface area contributed by atoms with Crippen molar-refractivity contribution in [1.82, 2.24) is 30.6 Å². The van der Waals surface area contributed by atoms with Gasteiger partial charge in [0.1, 0.15) is 58.9 Å². The number of nitrogens with zero attached hydrogens (tertiary/aromatic N) is 6. The number of aryl methyl sites for hydroxylation is 3. The monoisotopic (exact) mass is 1070 g/mol. The molecule has 3 N–H and O–H groups in total. The molecule has 4 aliphatic rings. The normalized spacial score (nSPS) is 21.2. The molecular formula is C51H56F2N8O14S. The molecule has 9 rings (SSSR count). The van der Waals surface area contributed by atoms with Crippen molar-refractivity contribution in [3.05, 3.63) is 136 Å². The first kappa shape index (κ1) is 55.1. The van der Waals surface area contributed by atoms with Crippen molar-refractivity contribution in [1.29, 1.82) is 0 Å². The van der Waals surface area contributed by atoms with Crippen LogP contribution in [0.2, 0.25) is 0 Å². The fourth-order valence-electron chi connectivity index (χ4n) is 8.02. The van der Waals surface area contributed by atoms with Crippen molar-refractivity contribution in [2.45, 2.75) is 88.2 Å². The third-order valence-electron chi connectivity index (χ3n) is 12.2. The van der Waals surface area contributed by atoms with Crippen LogP contribution in [0.1, 0.15) is 73.5 Å². The van der Waals surface area contributed by atoms with Crippen molar-refractivity contribution in [2.24, 2.45) is 10.3 Å². The smallest absolute Gasteiger partial charge is 0.297 e. The molecular weight excluding hydrogens is 1020 g/mol. The summed E-state index contributed by atoms with van der Waals surface area (Å²) >= 11 is 0. The third kappa shape index (κ3) is 14.2. The van der Waals surface area contributed by atoms with Gasteiger partial charge < -0.3 is 53.8 Å². The SMILES string of the molecule is COc1cc(CNC(=O)c2cc(C3=NO[C@@H]([C@H]4CO[C@H](CO)CO4)C3)nc(C)n2)ccc1F.COc1cc(CNC(=O)c2cc(C3=NO[C@@H]([C@H]4CO[C@H](COS(=O)(=O)c5ccc(C)cc5)CO4)C3)nc(C)n2)ccc1F. The summed E-state index contributed by atoms with van der Waals surface area (Å²) in [5.41, 5.74) is 4.63. The summed E-state index contributed by atoms with van der Waals surface area (Å²) in [6.45, 7) is 6.09. The highest BCUT2D eigenvalue weighted by Crippen LogP contribution is 2.26. The van der Waals surface area contributed by atoms with Crippen LogP contribution in [0.25, 0.3) is 0 Å². The second-order valence-corrected chi connectivity index (χ2v) is 19.5. The second-order valence-electron chi connectivity index (χ2n) is 17.8. The summed E-state index contributed by atoms with van der Waals surface area (Å²) in [4.78, 5) is 54.0. The van der Waals surface area contributed by atoms with Crippen LogP contribution in [0.5, 0.6) is 11.5 Å². The van der Waals surface area contributed by atoms with Gasteiger partial charge in [-0.05, 0) is 80.4 Å². The van der Waals surface area contributed by atoms with Gasteiger partial charge in [0.2, 0.25) is 0 Å². The van der Waals surface area contributed by atoms with E-state index in [2.05, 4.69) is 40.9 Å². The molecule has 6 atom stereocenters. The average molecular weight is 1080 g/mol. The highest BCUT2D eigenvalue weighted by atomic mass is 32.2. The summed E-state index contributed by atoms with van der Waals surface area (Å²) in [7, 11) is -1.17. The first-order valence-electron chi connectivity index (χ1n) is 24.0. The number of carbonyl (C=O) groups is 2. The molecule has 0 unspecified atom stereocenters. The zero-order valence-corrected chi connectivity index (χ0v) is 42.9. The molecule has 0 radical (unpaired) electrons. The summed E-state index contributed by atoms with van der Waals surface area (Å²) in [5.74, 6) is -0.825. The molecule has 0 aliphatic carbocycles. The molecule has 5 aromatic rings. The Labute approximate surface area is 436 Å². The van der Waals surface area contributed by atoms with Crippen LogP contribution in [0.15, 0.2) is 88.0 Å². The molecule has 4 aliphatic heterocycles. The maximum absolute atomic E-state index is 13.7. The van der Waals surface area contributed by atoms with Crippen LogP contribution >= 0.6 is 0 Å². The van der Waals surface area contributed by atoms with E-state index in [-0.39, 0.29) is 92.2 Å². The molecule has 0 bridgehead atoms. The van der Waals surface area contributed by atoms with E-state index in [4.69, 9.17) is 47.4 Å². The maximum atomic E-state index is 13.7. The average Bonchev–Trinajstić information content (AvgIpc) is 4.15. The van der Waals surface area contributed by atoms with Crippen LogP contribution in [-0.4, -0.2) is 147 Å². The quantitative estimate of drug-likeness (QED) is 0.111. The molecule has 3 aromatic carbocycles. The number of benzene rings is 3. The molecule has 6 heterocycles. The summed E-state index contributed by atoms with van der Waals surface area (Å²) in [5, 5.41) is 23.0. The Morgan fingerprint density at radius 3 is 1.54 bits per heavy atom. The zero-order valence-electron chi connectivity index (χ0n) is 42.1. The number of nitrogens with one attached hydrogen (secondary N) is 2. The molecule has 2 amide bonds. The van der Waals surface area contributed by atoms with Crippen molar-refractivity contribution < 1.29 is 74.2 Å². The van der Waals surface area contributed by atoms with Gasteiger partial charge in [0.25, 0.3) is 21.9 Å². The minimum Gasteiger partial charge on any atom is -0.494 e. The van der Waals surface area contributed by atoms with Crippen molar-refractivity contribution in [2.75, 3.05) is 53.9 Å². The standard InChI is InChI=1S/C29H31FN4O8S.C22H25FN4O6/c1-17-4-7-21(8-5-17)43(36,37)41-15-20-14-40-28(16-39-20)27-12-24(34-42-27)23-11-25(33-18(2)32-23)29(35)31-13-19-6-9-22(30)26(10-19)38-3;1-12-25-16(17-7-20(33-27-17)21-11-31-14(9-28)10-32-21)6-18(26-12)22(29)24-8-13-3-4-15(23)19(5-13)30-2/h4-11,20,27-28H,12-16H2,1-3H3,(H,31,35);3-6,14,20-21,28H,7-11H2,1-2H3,(H,24,29)/t20-,27+,28+;14-,20-,21-/m01/s1. The fraction of sp³-hybridized carbons (Fsp3) is 0.412. The Bertz CT molecular complexity index is 3050. The Hall–Kier alpha value is -7.13. The van der Waals surface area contributed by atoms with E-state index >= 15 is 0 Å². The van der Waals surface area contributed by atoms with Gasteiger partial charge >= 0.3 is 0 Å². The van der Waals surface area contributed by atoms with Crippen LogP contribution in [0.3, 0.4) is 0 Å². The van der Waals surface area contributed by atoms with Gasteiger partial charge in [-0.1, -0.05) is 40.1 Å². The fourth-order valence-corrected chi connectivity index (χ4v) is 8.95. The Morgan fingerprint density at radius 2 is 1.11 bits per heavy atom. The zero-order chi connectivity index (χ0) is 53.9. The van der Waals surface area contributed by atoms with Crippen LogP contribution in [0.4, 0.5) is 8.78 Å². The molecule has 404 valence electrons. The number of rotatable bonds is 17. The minimum absolute atomic E-state index is 0.0749. The number of ether oxygens (including phenoxy) is 6. The molecule has 25 heteroatoms. The van der Waals surface area contributed by atoms with E-state index in [1.54, 1.807) is 44.2 Å². The van der Waals surface area contributed by atoms with Gasteiger partial charge in [-0.3, -0.25) is 13.8 Å². The van der Waals surface area contributed by atoms with Gasteiger partial charge in [-0.2, -0.15) is 8.42 Å². The molecule has 0 spiro atoms. The number of halogens is 2. The third-order valence-corrected chi connectivity index (χ3v) is 13.5. The van der Waals surface area contributed by atoms with E-state index in [0.717, 1.165) is 5.56 Å². The van der Waals surface area contributed by atoms with Crippen LogP contribution < -0.4 is 20.1 Å². The van der Waals surface area contributed by atoms with Gasteiger partial charge in [0, 0.05) is 25.9 Å². The predicted octanol–water partition coefficient (Wildman–Crippen LogP) is 3.99. The van der Waals surface area contributed by atoms with Crippen molar-refractivity contribution >= 4 is 33.4 Å². The predicted molar refractivity (Wildman–Crippen MR) is 264 cm³/mol.